The number of ether oxygens (including phenoxy) is 3. The van der Waals surface area contributed by atoms with Crippen molar-refractivity contribution in [1.82, 2.24) is 0 Å². The van der Waals surface area contributed by atoms with E-state index in [0.717, 1.165) is 0 Å². The van der Waals surface area contributed by atoms with Crippen LogP contribution in [0.4, 0.5) is 0 Å². The average molecular weight is 428 g/mol. The van der Waals surface area contributed by atoms with Crippen molar-refractivity contribution in [3.8, 4) is 0 Å². The molecule has 0 spiro atoms. The number of aliphatic hydroxyl groups is 9. The summed E-state index contributed by atoms with van der Waals surface area (Å²) in [5.41, 5.74) is 0. The van der Waals surface area contributed by atoms with Gasteiger partial charge in [0.2, 0.25) is 0 Å². The van der Waals surface area contributed by atoms with E-state index in [4.69, 9.17) is 14.2 Å². The summed E-state index contributed by atoms with van der Waals surface area (Å²) < 4.78 is 15.9. The summed E-state index contributed by atoms with van der Waals surface area (Å²) in [5, 5.41) is 87.6. The highest BCUT2D eigenvalue weighted by Crippen LogP contribution is 2.28. The summed E-state index contributed by atoms with van der Waals surface area (Å²) in [6.45, 7) is 1.57. The van der Waals surface area contributed by atoms with E-state index in [2.05, 4.69) is 0 Å². The molecule has 12 nitrogen and oxygen atoms in total. The second kappa shape index (κ2) is 10.7. The van der Waals surface area contributed by atoms with Gasteiger partial charge in [0, 0.05) is 5.92 Å². The van der Waals surface area contributed by atoms with Crippen LogP contribution in [0.15, 0.2) is 0 Å². The van der Waals surface area contributed by atoms with Crippen molar-refractivity contribution in [2.75, 3.05) is 26.4 Å². The third kappa shape index (κ3) is 5.42. The number of hydrogen-bond acceptors (Lipinski definition) is 12. The van der Waals surface area contributed by atoms with Gasteiger partial charge in [0.05, 0.1) is 38.6 Å². The molecule has 172 valence electrons. The predicted molar refractivity (Wildman–Crippen MR) is 93.5 cm³/mol. The number of rotatable bonds is 8. The van der Waals surface area contributed by atoms with Gasteiger partial charge in [-0.05, 0) is 0 Å². The minimum Gasteiger partial charge on any atom is -0.390 e. The molecule has 0 aromatic heterocycles. The number of aliphatic hydroxyl groups excluding tert-OH is 9. The fourth-order valence-electron chi connectivity index (χ4n) is 3.65. The van der Waals surface area contributed by atoms with Crippen LogP contribution in [0.3, 0.4) is 0 Å². The lowest BCUT2D eigenvalue weighted by atomic mass is 9.79. The molecular formula is C17H32O12. The molecule has 12 heteroatoms. The molecule has 2 unspecified atom stereocenters. The second-order valence-electron chi connectivity index (χ2n) is 7.56. The van der Waals surface area contributed by atoms with Crippen LogP contribution in [0.1, 0.15) is 6.92 Å². The summed E-state index contributed by atoms with van der Waals surface area (Å²) in [6.07, 6.45) is -16.0. The topological polar surface area (TPSA) is 210 Å². The minimum absolute atomic E-state index is 0.0138. The fraction of sp³-hybridized carbons (Fsp3) is 1.00. The highest BCUT2D eigenvalue weighted by molar-refractivity contribution is 4.99. The van der Waals surface area contributed by atoms with Gasteiger partial charge in [-0.25, -0.2) is 0 Å². The Kier molecular flexibility index (Phi) is 9.15. The highest BCUT2D eigenvalue weighted by atomic mass is 16.6. The smallest absolute Gasteiger partial charge is 0.115 e. The van der Waals surface area contributed by atoms with Gasteiger partial charge in [-0.1, -0.05) is 6.92 Å². The molecule has 12 atom stereocenters. The Hall–Kier alpha value is -0.480. The molecule has 0 saturated heterocycles. The van der Waals surface area contributed by atoms with E-state index in [-0.39, 0.29) is 26.4 Å². The van der Waals surface area contributed by atoms with Crippen LogP contribution in [-0.4, -0.2) is 140 Å². The SMILES string of the molecule is C[C@@H]1[C@@H](O)[C@H](O)[C@@H](O)[C@H](O)[C@@H]1OCCOCCOC1[C@@H](O)[C@H](O)C(O)[C@H](O)[C@H]1O. The standard InChI is InChI=1S/C17H32O12/c1-6-7(18)8(19)10(21)13(24)16(6)28-4-2-27-3-5-29-17-14(25)11(22)9(20)12(23)15(17)26/h6-26H,2-5H2,1H3/t6-,7-,8+,9?,10-,11-,12+,13+,14+,15-,16-,17?/m1/s1. The molecule has 0 amide bonds. The Morgan fingerprint density at radius 1 is 0.448 bits per heavy atom. The van der Waals surface area contributed by atoms with E-state index in [0.29, 0.717) is 0 Å². The van der Waals surface area contributed by atoms with Gasteiger partial charge in [0.25, 0.3) is 0 Å². The van der Waals surface area contributed by atoms with Gasteiger partial charge < -0.3 is 60.2 Å². The van der Waals surface area contributed by atoms with Crippen LogP contribution in [-0.2, 0) is 14.2 Å². The molecule has 0 aliphatic heterocycles. The van der Waals surface area contributed by atoms with Crippen molar-refractivity contribution in [3.05, 3.63) is 0 Å². The monoisotopic (exact) mass is 428 g/mol. The third-order valence-corrected chi connectivity index (χ3v) is 5.59. The first kappa shape index (κ1) is 24.8. The van der Waals surface area contributed by atoms with Crippen molar-refractivity contribution in [1.29, 1.82) is 0 Å². The van der Waals surface area contributed by atoms with E-state index in [1.54, 1.807) is 6.92 Å². The molecule has 2 saturated carbocycles. The van der Waals surface area contributed by atoms with Crippen molar-refractivity contribution in [3.63, 3.8) is 0 Å². The lowest BCUT2D eigenvalue weighted by Crippen LogP contribution is -2.64. The third-order valence-electron chi connectivity index (χ3n) is 5.59. The lowest BCUT2D eigenvalue weighted by molar-refractivity contribution is -0.237. The summed E-state index contributed by atoms with van der Waals surface area (Å²) >= 11 is 0. The lowest BCUT2D eigenvalue weighted by Gasteiger charge is -2.42. The summed E-state index contributed by atoms with van der Waals surface area (Å²) in [7, 11) is 0. The van der Waals surface area contributed by atoms with Gasteiger partial charge in [-0.3, -0.25) is 0 Å². The van der Waals surface area contributed by atoms with Crippen molar-refractivity contribution < 1.29 is 60.2 Å². The summed E-state index contributed by atoms with van der Waals surface area (Å²) in [6, 6.07) is 0. The Balaban J connectivity index is 1.66. The van der Waals surface area contributed by atoms with Crippen LogP contribution in [0.5, 0.6) is 0 Å². The Morgan fingerprint density at radius 3 is 1.28 bits per heavy atom. The maximum absolute atomic E-state index is 9.98. The van der Waals surface area contributed by atoms with Crippen LogP contribution in [0.25, 0.3) is 0 Å². The van der Waals surface area contributed by atoms with Crippen LogP contribution in [0.2, 0.25) is 0 Å². The molecule has 2 fully saturated rings. The van der Waals surface area contributed by atoms with Crippen molar-refractivity contribution in [2.24, 2.45) is 5.92 Å². The zero-order valence-electron chi connectivity index (χ0n) is 16.0. The predicted octanol–water partition coefficient (Wildman–Crippen LogP) is -5.32. The molecule has 0 radical (unpaired) electrons. The Bertz CT molecular complexity index is 421. The molecule has 0 aromatic rings. The van der Waals surface area contributed by atoms with E-state index in [9.17, 15) is 46.0 Å². The Labute approximate surface area is 167 Å². The van der Waals surface area contributed by atoms with Gasteiger partial charge >= 0.3 is 0 Å². The first-order valence-corrected chi connectivity index (χ1v) is 9.53. The second-order valence-corrected chi connectivity index (χ2v) is 7.56. The zero-order valence-corrected chi connectivity index (χ0v) is 16.0. The van der Waals surface area contributed by atoms with Gasteiger partial charge in [0.1, 0.15) is 54.9 Å². The molecule has 2 aliphatic carbocycles. The maximum Gasteiger partial charge on any atom is 0.115 e. The largest absolute Gasteiger partial charge is 0.390 e. The van der Waals surface area contributed by atoms with E-state index >= 15 is 0 Å². The Morgan fingerprint density at radius 2 is 0.793 bits per heavy atom. The maximum atomic E-state index is 9.98. The van der Waals surface area contributed by atoms with Crippen LogP contribution >= 0.6 is 0 Å². The summed E-state index contributed by atoms with van der Waals surface area (Å²) in [5.74, 6) is -0.616. The van der Waals surface area contributed by atoms with Crippen LogP contribution < -0.4 is 0 Å². The van der Waals surface area contributed by atoms with Gasteiger partial charge in [-0.2, -0.15) is 0 Å². The molecule has 9 N–H and O–H groups in total. The van der Waals surface area contributed by atoms with Crippen molar-refractivity contribution in [2.45, 2.75) is 74.1 Å². The molecule has 0 aromatic carbocycles. The molecular weight excluding hydrogens is 396 g/mol. The molecule has 2 aliphatic rings. The average Bonchev–Trinajstić information content (AvgIpc) is 2.71. The molecule has 0 heterocycles. The van der Waals surface area contributed by atoms with E-state index < -0.39 is 73.1 Å². The molecule has 0 bridgehead atoms. The van der Waals surface area contributed by atoms with Crippen LogP contribution in [0, 0.1) is 5.92 Å². The zero-order chi connectivity index (χ0) is 21.9. The van der Waals surface area contributed by atoms with E-state index in [1.807, 2.05) is 0 Å². The minimum atomic E-state index is -1.69. The number of hydrogen-bond donors (Lipinski definition) is 9. The molecule has 2 rings (SSSR count). The summed E-state index contributed by atoms with van der Waals surface area (Å²) in [4.78, 5) is 0. The molecule has 29 heavy (non-hydrogen) atoms. The van der Waals surface area contributed by atoms with Gasteiger partial charge in [-0.15, -0.1) is 0 Å². The first-order valence-electron chi connectivity index (χ1n) is 9.53. The normalized spacial score (nSPS) is 48.6. The fourth-order valence-corrected chi connectivity index (χ4v) is 3.65. The van der Waals surface area contributed by atoms with Gasteiger partial charge in [0.15, 0.2) is 0 Å². The highest BCUT2D eigenvalue weighted by Gasteiger charge is 2.49. The quantitative estimate of drug-likeness (QED) is 0.166. The van der Waals surface area contributed by atoms with E-state index in [1.165, 1.54) is 0 Å². The van der Waals surface area contributed by atoms with Crippen molar-refractivity contribution >= 4 is 0 Å². The first-order chi connectivity index (χ1) is 13.6.